The van der Waals surface area contributed by atoms with E-state index in [1.807, 2.05) is 31.2 Å². The fourth-order valence-corrected chi connectivity index (χ4v) is 3.34. The number of hydrogen-bond acceptors (Lipinski definition) is 5. The highest BCUT2D eigenvalue weighted by atomic mass is 32.1. The highest BCUT2D eigenvalue weighted by Crippen LogP contribution is 2.24. The van der Waals surface area contributed by atoms with E-state index in [9.17, 15) is 9.59 Å². The third kappa shape index (κ3) is 3.73. The van der Waals surface area contributed by atoms with E-state index in [1.54, 1.807) is 18.2 Å². The zero-order chi connectivity index (χ0) is 17.1. The third-order valence-corrected chi connectivity index (χ3v) is 4.80. The van der Waals surface area contributed by atoms with E-state index in [2.05, 4.69) is 10.3 Å². The quantitative estimate of drug-likeness (QED) is 0.903. The number of aryl methyl sites for hydroxylation is 1. The number of hydrogen-bond donors (Lipinski definition) is 1. The molecule has 2 heterocycles. The zero-order valence-corrected chi connectivity index (χ0v) is 14.4. The highest BCUT2D eigenvalue weighted by Gasteiger charge is 2.34. The summed E-state index contributed by atoms with van der Waals surface area (Å²) in [7, 11) is 1.62. The van der Waals surface area contributed by atoms with Crippen LogP contribution in [0.25, 0.3) is 0 Å². The predicted molar refractivity (Wildman–Crippen MR) is 92.0 cm³/mol. The molecule has 1 aliphatic heterocycles. The van der Waals surface area contributed by atoms with E-state index in [4.69, 9.17) is 4.74 Å². The molecule has 1 aromatic carbocycles. The molecule has 126 valence electrons. The summed E-state index contributed by atoms with van der Waals surface area (Å²) in [6.07, 6.45) is 1.96. The second kappa shape index (κ2) is 7.00. The summed E-state index contributed by atoms with van der Waals surface area (Å²) in [5, 5.41) is 3.38. The lowest BCUT2D eigenvalue weighted by molar-refractivity contribution is -0.128. The lowest BCUT2D eigenvalue weighted by Crippen LogP contribution is -2.28. The molecule has 2 aromatic rings. The number of nitrogens with one attached hydrogen (secondary N) is 1. The molecule has 1 aliphatic rings. The van der Waals surface area contributed by atoms with E-state index in [0.717, 1.165) is 16.2 Å². The van der Waals surface area contributed by atoms with Crippen molar-refractivity contribution in [3.8, 4) is 5.75 Å². The number of benzene rings is 1. The first-order valence-electron chi connectivity index (χ1n) is 7.69. The van der Waals surface area contributed by atoms with Gasteiger partial charge in [-0.15, -0.1) is 11.3 Å². The van der Waals surface area contributed by atoms with Crippen LogP contribution in [0, 0.1) is 12.8 Å². The van der Waals surface area contributed by atoms with E-state index in [1.165, 1.54) is 11.3 Å². The van der Waals surface area contributed by atoms with Gasteiger partial charge < -0.3 is 15.0 Å². The first-order chi connectivity index (χ1) is 11.5. The lowest BCUT2D eigenvalue weighted by atomic mass is 10.1. The van der Waals surface area contributed by atoms with Crippen LogP contribution in [0.4, 0.5) is 5.13 Å². The molecule has 1 fully saturated rings. The van der Waals surface area contributed by atoms with Crippen molar-refractivity contribution >= 4 is 28.3 Å². The number of methoxy groups -OCH3 is 1. The van der Waals surface area contributed by atoms with Crippen molar-refractivity contribution in [2.75, 3.05) is 19.0 Å². The second-order valence-corrected chi connectivity index (χ2v) is 7.02. The van der Waals surface area contributed by atoms with Crippen LogP contribution in [-0.2, 0) is 16.1 Å². The molecule has 1 atom stereocenters. The number of carbonyl (C=O) groups is 2. The fourth-order valence-electron chi connectivity index (χ4n) is 2.67. The second-order valence-electron chi connectivity index (χ2n) is 5.79. The number of thiazole rings is 1. The largest absolute Gasteiger partial charge is 0.497 e. The molecule has 7 heteroatoms. The number of amides is 2. The Morgan fingerprint density at radius 2 is 2.17 bits per heavy atom. The van der Waals surface area contributed by atoms with Crippen LogP contribution in [0.5, 0.6) is 5.75 Å². The van der Waals surface area contributed by atoms with Gasteiger partial charge in [0.1, 0.15) is 5.75 Å². The van der Waals surface area contributed by atoms with Crippen LogP contribution in [0.1, 0.15) is 16.9 Å². The maximum atomic E-state index is 12.3. The van der Waals surface area contributed by atoms with Crippen molar-refractivity contribution in [1.82, 2.24) is 9.88 Å². The summed E-state index contributed by atoms with van der Waals surface area (Å²) >= 11 is 1.43. The van der Waals surface area contributed by atoms with Crippen LogP contribution in [0.15, 0.2) is 30.5 Å². The molecule has 0 unspecified atom stereocenters. The van der Waals surface area contributed by atoms with Crippen molar-refractivity contribution in [2.45, 2.75) is 19.9 Å². The minimum atomic E-state index is -0.333. The van der Waals surface area contributed by atoms with Gasteiger partial charge in [0, 0.05) is 30.6 Å². The number of nitrogens with zero attached hydrogens (tertiary/aromatic N) is 2. The van der Waals surface area contributed by atoms with Crippen molar-refractivity contribution in [3.05, 3.63) is 40.9 Å². The average molecular weight is 345 g/mol. The van der Waals surface area contributed by atoms with Crippen molar-refractivity contribution in [1.29, 1.82) is 0 Å². The molecule has 0 bridgehead atoms. The fraction of sp³-hybridized carbons (Fsp3) is 0.353. The van der Waals surface area contributed by atoms with Crippen LogP contribution < -0.4 is 10.1 Å². The van der Waals surface area contributed by atoms with Gasteiger partial charge in [-0.1, -0.05) is 12.1 Å². The molecule has 0 aliphatic carbocycles. The number of aromatic nitrogens is 1. The van der Waals surface area contributed by atoms with Gasteiger partial charge in [0.05, 0.1) is 13.0 Å². The Hall–Kier alpha value is -2.41. The van der Waals surface area contributed by atoms with Crippen LogP contribution >= 0.6 is 11.3 Å². The van der Waals surface area contributed by atoms with Gasteiger partial charge in [-0.3, -0.25) is 9.59 Å². The zero-order valence-electron chi connectivity index (χ0n) is 13.6. The first kappa shape index (κ1) is 16.4. The summed E-state index contributed by atoms with van der Waals surface area (Å²) in [6, 6.07) is 7.59. The number of carbonyl (C=O) groups excluding carboxylic acids is 2. The maximum Gasteiger partial charge on any atom is 0.231 e. The van der Waals surface area contributed by atoms with Gasteiger partial charge in [0.15, 0.2) is 5.13 Å². The number of ether oxygens (including phenoxy) is 1. The number of rotatable bonds is 5. The molecule has 2 amide bonds. The van der Waals surface area contributed by atoms with Crippen LogP contribution in [-0.4, -0.2) is 35.4 Å². The Balaban J connectivity index is 1.59. The van der Waals surface area contributed by atoms with Gasteiger partial charge in [-0.25, -0.2) is 4.98 Å². The van der Waals surface area contributed by atoms with Crippen LogP contribution in [0.3, 0.4) is 0 Å². The Kier molecular flexibility index (Phi) is 4.80. The summed E-state index contributed by atoms with van der Waals surface area (Å²) in [6.45, 7) is 2.87. The Labute approximate surface area is 144 Å². The van der Waals surface area contributed by atoms with Gasteiger partial charge in [0.2, 0.25) is 11.8 Å². The normalized spacial score (nSPS) is 17.2. The van der Waals surface area contributed by atoms with Gasteiger partial charge in [-0.05, 0) is 24.6 Å². The average Bonchev–Trinajstić information content (AvgIpc) is 3.14. The maximum absolute atomic E-state index is 12.3. The third-order valence-electron chi connectivity index (χ3n) is 3.97. The highest BCUT2D eigenvalue weighted by molar-refractivity contribution is 7.15. The Morgan fingerprint density at radius 1 is 1.42 bits per heavy atom. The van der Waals surface area contributed by atoms with Crippen molar-refractivity contribution in [3.63, 3.8) is 0 Å². The van der Waals surface area contributed by atoms with Gasteiger partial charge in [-0.2, -0.15) is 0 Å². The molecule has 1 saturated heterocycles. The number of likely N-dealkylation sites (tertiary alicyclic amines) is 1. The summed E-state index contributed by atoms with van der Waals surface area (Å²) < 4.78 is 5.13. The van der Waals surface area contributed by atoms with E-state index in [-0.39, 0.29) is 24.2 Å². The minimum Gasteiger partial charge on any atom is -0.497 e. The minimum absolute atomic E-state index is 0.00119. The summed E-state index contributed by atoms with van der Waals surface area (Å²) in [5.41, 5.74) is 1.01. The Morgan fingerprint density at radius 3 is 2.79 bits per heavy atom. The lowest BCUT2D eigenvalue weighted by Gasteiger charge is -2.16. The monoisotopic (exact) mass is 345 g/mol. The van der Waals surface area contributed by atoms with Gasteiger partial charge in [0.25, 0.3) is 0 Å². The molecule has 1 aromatic heterocycles. The van der Waals surface area contributed by atoms with Gasteiger partial charge >= 0.3 is 0 Å². The molecule has 24 heavy (non-hydrogen) atoms. The predicted octanol–water partition coefficient (Wildman–Crippen LogP) is 2.45. The molecular formula is C17H19N3O3S. The molecular weight excluding hydrogens is 326 g/mol. The summed E-state index contributed by atoms with van der Waals surface area (Å²) in [5.74, 6) is 0.304. The first-order valence-corrected chi connectivity index (χ1v) is 8.51. The van der Waals surface area contributed by atoms with E-state index >= 15 is 0 Å². The molecule has 0 spiro atoms. The van der Waals surface area contributed by atoms with Crippen LogP contribution in [0.2, 0.25) is 0 Å². The standard InChI is InChI=1S/C17H19N3O3S/c1-11-8-18-17(24-11)19-16(22)13-7-15(21)20(10-13)9-12-3-5-14(23-2)6-4-12/h3-6,8,13H,7,9-10H2,1-2H3,(H,18,19,22)/t13-/m1/s1. The van der Waals surface area contributed by atoms with E-state index < -0.39 is 0 Å². The summed E-state index contributed by atoms with van der Waals surface area (Å²) in [4.78, 5) is 31.4. The molecule has 6 nitrogen and oxygen atoms in total. The van der Waals surface area contributed by atoms with Crippen molar-refractivity contribution in [2.24, 2.45) is 5.92 Å². The molecule has 1 N–H and O–H groups in total. The molecule has 0 radical (unpaired) electrons. The molecule has 0 saturated carbocycles. The SMILES string of the molecule is COc1ccc(CN2C[C@H](C(=O)Nc3ncc(C)s3)CC2=O)cc1. The van der Waals surface area contributed by atoms with Crippen molar-refractivity contribution < 1.29 is 14.3 Å². The number of anilines is 1. The topological polar surface area (TPSA) is 71.5 Å². The Bertz CT molecular complexity index is 742. The molecule has 3 rings (SSSR count). The van der Waals surface area contributed by atoms with E-state index in [0.29, 0.717) is 18.2 Å². The smallest absolute Gasteiger partial charge is 0.231 e.